The van der Waals surface area contributed by atoms with Crippen molar-refractivity contribution >= 4 is 6.79 Å². The zero-order chi connectivity index (χ0) is 2.00. The maximum absolute atomic E-state index is 8.00. The van der Waals surface area contributed by atoms with Crippen molar-refractivity contribution in [1.29, 1.82) is 0 Å². The molecule has 0 rings (SSSR count). The molecule has 0 aromatic heterocycles. The van der Waals surface area contributed by atoms with Crippen LogP contribution >= 0.6 is 0 Å². The summed E-state index contributed by atoms with van der Waals surface area (Å²) in [6.07, 6.45) is 0. The third kappa shape index (κ3) is 234. The lowest BCUT2D eigenvalue weighted by Gasteiger charge is -0.837. The lowest BCUT2D eigenvalue weighted by molar-refractivity contribution is -0.0979. The first-order valence-corrected chi connectivity index (χ1v) is 0.289. The van der Waals surface area contributed by atoms with E-state index in [0.717, 1.165) is 0 Å². The number of hydrogen-bond donors (Lipinski definition) is 0. The van der Waals surface area contributed by atoms with Gasteiger partial charge in [0, 0.05) is 0 Å². The summed E-state index contributed by atoms with van der Waals surface area (Å²) in [6, 6.07) is 0. The van der Waals surface area contributed by atoms with Crippen LogP contribution in [0.5, 0.6) is 0 Å². The quantitative estimate of drug-likeness (QED) is 0.309. The van der Waals surface area contributed by atoms with E-state index in [-0.39, 0.29) is 27.4 Å². The van der Waals surface area contributed by atoms with Crippen LogP contribution in [-0.2, 0) is 4.79 Å². The zero-order valence-electron chi connectivity index (χ0n) is 3.62. The SMILES string of the molecule is C=O.O.O.O.O.O. The summed E-state index contributed by atoms with van der Waals surface area (Å²) in [5.41, 5.74) is 0. The van der Waals surface area contributed by atoms with Gasteiger partial charge in [0.25, 0.3) is 0 Å². The number of carbonyl (C=O) groups excluding carboxylic acids is 1. The smallest absolute Gasteiger partial charge is 0.106 e. The molecule has 0 unspecified atom stereocenters. The number of rotatable bonds is 0. The van der Waals surface area contributed by atoms with Crippen molar-refractivity contribution in [3.8, 4) is 0 Å². The van der Waals surface area contributed by atoms with Crippen molar-refractivity contribution in [3.05, 3.63) is 0 Å². The Morgan fingerprint density at radius 2 is 0.571 bits per heavy atom. The van der Waals surface area contributed by atoms with E-state index in [0.29, 0.717) is 0 Å². The van der Waals surface area contributed by atoms with E-state index < -0.39 is 0 Å². The molecule has 0 spiro atoms. The summed E-state index contributed by atoms with van der Waals surface area (Å²) in [6.45, 7) is 2.00. The van der Waals surface area contributed by atoms with Gasteiger partial charge in [0.2, 0.25) is 0 Å². The second-order valence-corrected chi connectivity index (χ2v) is 0. The molecule has 10 N–H and O–H groups in total. The van der Waals surface area contributed by atoms with Gasteiger partial charge in [-0.15, -0.1) is 0 Å². The van der Waals surface area contributed by atoms with Gasteiger partial charge in [-0.25, -0.2) is 0 Å². The maximum atomic E-state index is 8.00. The standard InChI is InChI=1S/CH2O.5H2O/c1-2;;;;;/h1H2;5*1H2. The second kappa shape index (κ2) is 389. The van der Waals surface area contributed by atoms with Crippen LogP contribution in [0.1, 0.15) is 0 Å². The summed E-state index contributed by atoms with van der Waals surface area (Å²) < 4.78 is 0. The molecule has 0 aliphatic rings. The molecule has 0 aliphatic heterocycles. The van der Waals surface area contributed by atoms with Crippen LogP contribution in [0.25, 0.3) is 0 Å². The van der Waals surface area contributed by atoms with Crippen LogP contribution in [0.4, 0.5) is 0 Å². The number of carbonyl (C=O) groups is 1. The molecular weight excluding hydrogens is 108 g/mol. The van der Waals surface area contributed by atoms with Crippen molar-refractivity contribution < 1.29 is 32.2 Å². The fraction of sp³-hybridized carbons (Fsp3) is 0. The van der Waals surface area contributed by atoms with E-state index in [1.807, 2.05) is 6.79 Å². The zero-order valence-corrected chi connectivity index (χ0v) is 3.62. The Hall–Kier alpha value is -0.530. The Balaban J connectivity index is -0.000000000500. The minimum atomic E-state index is 0. The molecule has 0 radical (unpaired) electrons. The van der Waals surface area contributed by atoms with Gasteiger partial charge in [-0.3, -0.25) is 0 Å². The monoisotopic (exact) mass is 120 g/mol. The van der Waals surface area contributed by atoms with Gasteiger partial charge < -0.3 is 32.2 Å². The average molecular weight is 120 g/mol. The first kappa shape index (κ1) is 876. The highest BCUT2D eigenvalue weighted by atomic mass is 16.1. The topological polar surface area (TPSA) is 175 Å². The molecule has 6 heteroatoms. The Bertz CT molecular complexity index is 4.14. The van der Waals surface area contributed by atoms with Crippen LogP contribution < -0.4 is 0 Å². The lowest BCUT2D eigenvalue weighted by atomic mass is 11.9. The summed E-state index contributed by atoms with van der Waals surface area (Å²) in [5.74, 6) is 0. The molecule has 6 nitrogen and oxygen atoms in total. The fourth-order valence-corrected chi connectivity index (χ4v) is 0. The van der Waals surface area contributed by atoms with Crippen molar-refractivity contribution in [2.75, 3.05) is 0 Å². The highest BCUT2D eigenvalue weighted by Gasteiger charge is 0.636. The Labute approximate surface area is 40.3 Å². The number of hydrogen-bond acceptors (Lipinski definition) is 1. The highest BCUT2D eigenvalue weighted by Crippen LogP contribution is 0.494. The molecule has 7 heavy (non-hydrogen) atoms. The third-order valence-corrected chi connectivity index (χ3v) is 0. The predicted octanol–water partition coefficient (Wildman–Crippen LogP) is -4.31. The third-order valence-electron chi connectivity index (χ3n) is 0. The van der Waals surface area contributed by atoms with Crippen LogP contribution in [0.15, 0.2) is 0 Å². The Morgan fingerprint density at radius 1 is 0.571 bits per heavy atom. The minimum Gasteiger partial charge on any atom is -0.412 e. The summed E-state index contributed by atoms with van der Waals surface area (Å²) in [4.78, 5) is 8.00. The molecule has 0 amide bonds. The Morgan fingerprint density at radius 3 is 0.571 bits per heavy atom. The van der Waals surface area contributed by atoms with E-state index in [1.165, 1.54) is 0 Å². The summed E-state index contributed by atoms with van der Waals surface area (Å²) >= 11 is 0. The molecule has 0 heterocycles. The molecule has 0 aromatic rings. The maximum Gasteiger partial charge on any atom is 0.106 e. The van der Waals surface area contributed by atoms with Crippen LogP contribution in [0, 0.1) is 0 Å². The van der Waals surface area contributed by atoms with Crippen LogP contribution in [-0.4, -0.2) is 34.2 Å². The van der Waals surface area contributed by atoms with Gasteiger partial charge in [-0.2, -0.15) is 0 Å². The van der Waals surface area contributed by atoms with Gasteiger partial charge in [-0.05, 0) is 0 Å². The van der Waals surface area contributed by atoms with Crippen molar-refractivity contribution in [2.24, 2.45) is 0 Å². The van der Waals surface area contributed by atoms with E-state index in [4.69, 9.17) is 4.79 Å². The van der Waals surface area contributed by atoms with E-state index in [1.54, 1.807) is 0 Å². The van der Waals surface area contributed by atoms with Gasteiger partial charge in [0.15, 0.2) is 0 Å². The minimum absolute atomic E-state index is 0. The summed E-state index contributed by atoms with van der Waals surface area (Å²) in [5, 5.41) is 0. The van der Waals surface area contributed by atoms with Crippen molar-refractivity contribution in [2.45, 2.75) is 0 Å². The summed E-state index contributed by atoms with van der Waals surface area (Å²) in [7, 11) is 0. The molecule has 52 valence electrons. The van der Waals surface area contributed by atoms with Gasteiger partial charge in [0.1, 0.15) is 6.79 Å². The lowest BCUT2D eigenvalue weighted by Crippen LogP contribution is -0.925. The van der Waals surface area contributed by atoms with Gasteiger partial charge in [0.05, 0.1) is 0 Å². The van der Waals surface area contributed by atoms with Crippen LogP contribution in [0.3, 0.4) is 0 Å². The van der Waals surface area contributed by atoms with Crippen molar-refractivity contribution in [1.82, 2.24) is 0 Å². The molecule has 0 saturated carbocycles. The second-order valence-electron chi connectivity index (χ2n) is 0. The largest absolute Gasteiger partial charge is 0.412 e. The van der Waals surface area contributed by atoms with E-state index in [9.17, 15) is 0 Å². The van der Waals surface area contributed by atoms with Crippen LogP contribution in [0.2, 0.25) is 0 Å². The average Bonchev–Trinajstić information content (AvgIpc) is 1.00. The first-order valence-electron chi connectivity index (χ1n) is 0.289. The molecule has 0 atom stereocenters. The highest BCUT2D eigenvalue weighted by molar-refractivity contribution is 5.10. The molecule has 0 aromatic carbocycles. The van der Waals surface area contributed by atoms with Crippen molar-refractivity contribution in [3.63, 3.8) is 0 Å². The first-order chi connectivity index (χ1) is 1.00. The molecule has 0 fully saturated rings. The Kier molecular flexibility index (Phi) is 48700. The molecule has 0 aliphatic carbocycles. The van der Waals surface area contributed by atoms with E-state index >= 15 is 0 Å². The normalized spacial score (nSPS) is 0.571. The van der Waals surface area contributed by atoms with Gasteiger partial charge in [-0.1, -0.05) is 0 Å². The fourth-order valence-electron chi connectivity index (χ4n) is 0. The molecule has 0 bridgehead atoms. The predicted molar refractivity (Wildman–Crippen MR) is 25.2 cm³/mol. The molecule has 0 saturated heterocycles. The molecular formula is CH12O6. The van der Waals surface area contributed by atoms with E-state index in [2.05, 4.69) is 0 Å². The van der Waals surface area contributed by atoms with Gasteiger partial charge >= 0.3 is 0 Å².